The van der Waals surface area contributed by atoms with Crippen molar-refractivity contribution in [1.82, 2.24) is 20.4 Å². The van der Waals surface area contributed by atoms with Crippen LogP contribution in [0.3, 0.4) is 0 Å². The zero-order valence-electron chi connectivity index (χ0n) is 40.0. The molecule has 2 heterocycles. The number of nitrogen functional groups attached to an aromatic ring is 1. The van der Waals surface area contributed by atoms with E-state index in [1.54, 1.807) is 55.5 Å². The van der Waals surface area contributed by atoms with Crippen LogP contribution in [-0.2, 0) is 31.0 Å². The molecule has 2 bridgehead atoms. The Kier molecular flexibility index (Phi) is 15.9. The molecule has 8 rings (SSSR count). The second-order valence-electron chi connectivity index (χ2n) is 18.1. The van der Waals surface area contributed by atoms with Crippen molar-refractivity contribution in [3.05, 3.63) is 95.1 Å². The van der Waals surface area contributed by atoms with E-state index in [4.69, 9.17) is 53.4 Å². The van der Waals surface area contributed by atoms with E-state index < -0.39 is 53.8 Å². The number of likely N-dealkylation sites (N-methyl/N-ethyl adjacent to an activating group) is 2. The van der Waals surface area contributed by atoms with Gasteiger partial charge in [-0.1, -0.05) is 24.3 Å². The number of hydrogen-bond acceptors (Lipinski definition) is 13. The van der Waals surface area contributed by atoms with Gasteiger partial charge in [-0.3, -0.25) is 29.6 Å². The van der Waals surface area contributed by atoms with E-state index in [0.717, 1.165) is 47.7 Å². The zero-order valence-corrected chi connectivity index (χ0v) is 40.0. The van der Waals surface area contributed by atoms with E-state index in [1.165, 1.54) is 4.90 Å². The van der Waals surface area contributed by atoms with E-state index in [2.05, 4.69) is 32.6 Å². The third-order valence-electron chi connectivity index (χ3n) is 13.5. The normalized spacial score (nSPS) is 19.4. The number of Topliss-reactive ketones (excluding diaryl/α,β-unsaturated/α-hetero) is 1. The average Bonchev–Trinajstić information content (AvgIpc) is 3.69. The van der Waals surface area contributed by atoms with Crippen molar-refractivity contribution >= 4 is 69.8 Å². The highest BCUT2D eigenvalue weighted by Crippen LogP contribution is 2.63. The Bertz CT molecular complexity index is 2830. The summed E-state index contributed by atoms with van der Waals surface area (Å²) in [5.74, 6) is -1.72. The van der Waals surface area contributed by atoms with Gasteiger partial charge < -0.3 is 68.4 Å². The molecule has 0 unspecified atom stereocenters. The monoisotopic (exact) mass is 988 g/mol. The van der Waals surface area contributed by atoms with Gasteiger partial charge in [-0.15, -0.1) is 0 Å². The summed E-state index contributed by atoms with van der Waals surface area (Å²) in [6.07, 6.45) is 1.51. The first-order chi connectivity index (χ1) is 34.4. The molecule has 2 fully saturated rings. The molecule has 22 nitrogen and oxygen atoms in total. The van der Waals surface area contributed by atoms with Crippen LogP contribution in [0.2, 0.25) is 0 Å². The van der Waals surface area contributed by atoms with Crippen LogP contribution in [0.25, 0.3) is 10.8 Å². The Labute approximate surface area is 414 Å². The number of aliphatic imine (C=N–C) groups is 2. The number of guanidine groups is 2. The van der Waals surface area contributed by atoms with Crippen molar-refractivity contribution in [3.63, 3.8) is 0 Å². The van der Waals surface area contributed by atoms with Gasteiger partial charge in [0.25, 0.3) is 0 Å². The Morgan fingerprint density at radius 3 is 2.38 bits per heavy atom. The van der Waals surface area contributed by atoms with Crippen LogP contribution in [0.1, 0.15) is 72.5 Å². The zero-order chi connectivity index (χ0) is 51.9. The van der Waals surface area contributed by atoms with Crippen molar-refractivity contribution in [2.24, 2.45) is 44.6 Å². The number of rotatable bonds is 17. The highest BCUT2D eigenvalue weighted by atomic mass is 16.6. The van der Waals surface area contributed by atoms with Crippen LogP contribution >= 0.6 is 0 Å². The summed E-state index contributed by atoms with van der Waals surface area (Å²) in [6, 6.07) is 20.1. The predicted octanol–water partition coefficient (Wildman–Crippen LogP) is 2.12. The van der Waals surface area contributed by atoms with Gasteiger partial charge >= 0.3 is 18.0 Å². The maximum absolute atomic E-state index is 13.3. The highest BCUT2D eigenvalue weighted by molar-refractivity contribution is 6.00. The van der Waals surface area contributed by atoms with Gasteiger partial charge in [0.2, 0.25) is 11.8 Å². The van der Waals surface area contributed by atoms with Crippen molar-refractivity contribution in [2.45, 2.75) is 75.5 Å². The molecule has 5 atom stereocenters. The highest BCUT2D eigenvalue weighted by Gasteiger charge is 2.65. The number of ether oxygens (including phenoxy) is 3. The van der Waals surface area contributed by atoms with Crippen molar-refractivity contribution in [3.8, 4) is 17.2 Å². The number of aliphatic carboxylic acids is 1. The number of carboxylic acid groups (broad SMARTS) is 1. The number of piperidine rings is 1. The minimum absolute atomic E-state index is 0.00609. The van der Waals surface area contributed by atoms with Crippen LogP contribution in [0.5, 0.6) is 17.2 Å². The minimum atomic E-state index is -1.32. The number of nitrogens with one attached hydrogen (secondary N) is 3. The number of nitrogens with two attached hydrogens (primary N) is 5. The van der Waals surface area contributed by atoms with Crippen molar-refractivity contribution < 1.29 is 48.1 Å². The van der Waals surface area contributed by atoms with Gasteiger partial charge in [-0.05, 0) is 123 Å². The maximum Gasteiger partial charge on any atom is 0.415 e. The molecule has 0 aromatic heterocycles. The molecule has 380 valence electrons. The molecule has 4 aromatic carbocycles. The number of ketones is 1. The average molecular weight is 989 g/mol. The number of likely N-dealkylation sites (tertiary alicyclic amines) is 1. The lowest BCUT2D eigenvalue weighted by Gasteiger charge is -2.57. The number of esters is 1. The molecule has 2 aliphatic heterocycles. The van der Waals surface area contributed by atoms with Gasteiger partial charge in [0.1, 0.15) is 24.0 Å². The molecule has 1 spiro atoms. The van der Waals surface area contributed by atoms with Crippen LogP contribution in [-0.4, -0.2) is 126 Å². The van der Waals surface area contributed by atoms with Crippen LogP contribution in [0.4, 0.5) is 10.5 Å². The van der Waals surface area contributed by atoms with E-state index >= 15 is 0 Å². The number of carbonyl (C=O) groups excluding carboxylic acids is 5. The molecule has 14 N–H and O–H groups in total. The Balaban J connectivity index is 0.000000247. The van der Waals surface area contributed by atoms with E-state index in [9.17, 15) is 28.8 Å². The van der Waals surface area contributed by atoms with Crippen molar-refractivity contribution in [2.75, 3.05) is 39.8 Å². The molecule has 22 heteroatoms. The number of carbonyl (C=O) groups is 6. The molecule has 3 amide bonds. The Morgan fingerprint density at radius 2 is 1.68 bits per heavy atom. The smallest absolute Gasteiger partial charge is 0.415 e. The van der Waals surface area contributed by atoms with Crippen LogP contribution in [0, 0.1) is 11.3 Å². The van der Waals surface area contributed by atoms with Gasteiger partial charge in [-0.2, -0.15) is 0 Å². The molecule has 0 radical (unpaired) electrons. The summed E-state index contributed by atoms with van der Waals surface area (Å²) in [7, 11) is 2.15. The lowest BCUT2D eigenvalue weighted by atomic mass is 9.52. The van der Waals surface area contributed by atoms with Crippen LogP contribution in [0.15, 0.2) is 82.8 Å². The number of amidine groups is 1. The third kappa shape index (κ3) is 11.5. The molecule has 1 saturated carbocycles. The maximum atomic E-state index is 13.3. The lowest BCUT2D eigenvalue weighted by molar-refractivity contribution is -0.142. The molecule has 4 aliphatic rings. The van der Waals surface area contributed by atoms with Gasteiger partial charge in [0.05, 0.1) is 11.3 Å². The van der Waals surface area contributed by atoms with E-state index in [0.29, 0.717) is 53.1 Å². The molecule has 4 aromatic rings. The summed E-state index contributed by atoms with van der Waals surface area (Å²) < 4.78 is 17.7. The Hall–Kier alpha value is -8.27. The predicted molar refractivity (Wildman–Crippen MR) is 267 cm³/mol. The topological polar surface area (TPSA) is 360 Å². The first-order valence-electron chi connectivity index (χ1n) is 23.6. The van der Waals surface area contributed by atoms with Gasteiger partial charge in [0, 0.05) is 55.2 Å². The van der Waals surface area contributed by atoms with E-state index in [1.807, 2.05) is 24.3 Å². The quantitative estimate of drug-likeness (QED) is 0.0183. The number of benzene rings is 4. The fourth-order valence-electron chi connectivity index (χ4n) is 10.2. The molecular weight excluding hydrogens is 929 g/mol. The standard InChI is InChI=1S/C31H43N7O8.C19H17N5O2/c1-3-38(14-12-34-28(43)19(5-4-11-35-29(32)33)36-23(40)16-24(41)42)30(44)45-22-9-6-17-15-20-18-7-8-21(39)27-31(18,10-13-37(20)2)25(17)26(22)46-27;20-17(21)14-2-1-13-10-16(8-5-12(13)9-14)26-18(25)11-3-6-15(7-4-11)24-19(22)23/h6,9,18-20,27H,3-5,7-8,10-16H2,1-2H3,(H,34,43)(H,36,40)(H,41,42)(H4,32,33,35);1-10H,(H3,20,21)(H4,22,23,24)/t18-,19-,20+,27-,31-;/m0./s1. The summed E-state index contributed by atoms with van der Waals surface area (Å²) in [4.78, 5) is 86.3. The Morgan fingerprint density at radius 1 is 0.958 bits per heavy atom. The summed E-state index contributed by atoms with van der Waals surface area (Å²) in [6.45, 7) is 3.30. The molecule has 72 heavy (non-hydrogen) atoms. The number of nitrogens with zero attached hydrogens (tertiary/aromatic N) is 4. The molecule has 2 aliphatic carbocycles. The first-order valence-corrected chi connectivity index (χ1v) is 23.6. The SMILES string of the molecule is CCN(CCNC(=O)[C@H](CCCN=C(N)N)NC(=O)CC(=O)O)C(=O)Oc1ccc2c3c1O[C@H]1C(=O)CC[C@H]4[C@@H](C2)N(C)CC[C@]314.N=C(N)c1ccc2cc(OC(=O)c3ccc(N=C(N)N)cc3)ccc2c1. The van der Waals surface area contributed by atoms with E-state index in [-0.39, 0.29) is 61.9 Å². The second kappa shape index (κ2) is 22.2. The molecule has 1 saturated heterocycles. The fraction of sp³-hybridized carbons (Fsp3) is 0.380. The molecular formula is C50H60N12O10. The second-order valence-corrected chi connectivity index (χ2v) is 18.1. The minimum Gasteiger partial charge on any atom is -0.481 e. The van der Waals surface area contributed by atoms with Gasteiger partial charge in [0.15, 0.2) is 35.3 Å². The summed E-state index contributed by atoms with van der Waals surface area (Å²) in [5, 5.41) is 23.3. The largest absolute Gasteiger partial charge is 0.481 e. The number of carboxylic acids is 1. The summed E-state index contributed by atoms with van der Waals surface area (Å²) >= 11 is 0. The third-order valence-corrected chi connectivity index (χ3v) is 13.5. The number of hydrogen-bond donors (Lipinski definition) is 9. The number of fused-ring (bicyclic) bond motifs is 1. The van der Waals surface area contributed by atoms with Gasteiger partial charge in [-0.25, -0.2) is 14.6 Å². The lowest BCUT2D eigenvalue weighted by Crippen LogP contribution is -2.65. The van der Waals surface area contributed by atoms with Crippen molar-refractivity contribution in [1.29, 1.82) is 5.41 Å². The fourth-order valence-corrected chi connectivity index (χ4v) is 10.2. The number of amides is 3. The van der Waals surface area contributed by atoms with Crippen LogP contribution < -0.4 is 53.5 Å². The summed E-state index contributed by atoms with van der Waals surface area (Å²) in [5.41, 5.74) is 30.1. The first kappa shape index (κ1) is 51.6.